The van der Waals surface area contributed by atoms with Gasteiger partial charge in [-0.25, -0.2) is 0 Å². The molecule has 1 heterocycles. The molecule has 1 atom stereocenters. The highest BCUT2D eigenvalue weighted by Gasteiger charge is 2.41. The third-order valence-electron chi connectivity index (χ3n) is 3.38. The maximum Gasteiger partial charge on any atom is 0.133 e. The van der Waals surface area contributed by atoms with Crippen molar-refractivity contribution in [3.05, 3.63) is 21.9 Å². The molecule has 0 bridgehead atoms. The number of aryl methyl sites for hydroxylation is 1. The Morgan fingerprint density at radius 2 is 2.40 bits per heavy atom. The van der Waals surface area contributed by atoms with Crippen molar-refractivity contribution in [2.24, 2.45) is 0 Å². The molecule has 2 aliphatic rings. The number of nitrogens with zero attached hydrogens (tertiary/aromatic N) is 1. The van der Waals surface area contributed by atoms with Crippen LogP contribution in [0.5, 0.6) is 0 Å². The monoisotopic (exact) mass is 218 g/mol. The van der Waals surface area contributed by atoms with Crippen LogP contribution < -0.4 is 5.32 Å². The summed E-state index contributed by atoms with van der Waals surface area (Å²) in [6, 6.07) is 5.26. The number of rotatable bonds is 2. The fraction of sp³-hybridized carbons (Fsp3) is 0.583. The molecule has 2 nitrogen and oxygen atoms in total. The van der Waals surface area contributed by atoms with E-state index in [0.29, 0.717) is 6.04 Å². The lowest BCUT2D eigenvalue weighted by Crippen LogP contribution is -2.44. The lowest BCUT2D eigenvalue weighted by Gasteiger charge is -2.32. The predicted molar refractivity (Wildman–Crippen MR) is 60.7 cm³/mol. The second kappa shape index (κ2) is 3.33. The van der Waals surface area contributed by atoms with Gasteiger partial charge in [-0.05, 0) is 43.6 Å². The van der Waals surface area contributed by atoms with E-state index in [2.05, 4.69) is 22.8 Å². The molecule has 0 saturated heterocycles. The summed E-state index contributed by atoms with van der Waals surface area (Å²) in [7, 11) is 0. The maximum absolute atomic E-state index is 9.48. The largest absolute Gasteiger partial charge is 0.293 e. The number of nitrogens with one attached hydrogen (secondary N) is 1. The standard InChI is InChI=1S/C12H14N2S/c13-8-12(14-9-3-4-9)6-1-2-11-10(12)5-7-15-11/h5,7,9,14H,1-4,6H2. The van der Waals surface area contributed by atoms with Gasteiger partial charge in [0, 0.05) is 16.5 Å². The van der Waals surface area contributed by atoms with E-state index in [1.54, 1.807) is 11.3 Å². The average molecular weight is 218 g/mol. The summed E-state index contributed by atoms with van der Waals surface area (Å²) < 4.78 is 0. The van der Waals surface area contributed by atoms with Crippen molar-refractivity contribution in [1.82, 2.24) is 5.32 Å². The smallest absolute Gasteiger partial charge is 0.133 e. The number of hydrogen-bond acceptors (Lipinski definition) is 3. The molecule has 15 heavy (non-hydrogen) atoms. The van der Waals surface area contributed by atoms with Gasteiger partial charge in [-0.1, -0.05) is 0 Å². The van der Waals surface area contributed by atoms with Crippen LogP contribution in [0.1, 0.15) is 36.1 Å². The van der Waals surface area contributed by atoms with Crippen molar-refractivity contribution in [3.8, 4) is 6.07 Å². The van der Waals surface area contributed by atoms with Gasteiger partial charge in [0.15, 0.2) is 0 Å². The average Bonchev–Trinajstić information content (AvgIpc) is 2.93. The first kappa shape index (κ1) is 9.38. The van der Waals surface area contributed by atoms with Gasteiger partial charge in [0.1, 0.15) is 5.54 Å². The highest BCUT2D eigenvalue weighted by Crippen LogP contribution is 2.40. The van der Waals surface area contributed by atoms with Crippen LogP contribution in [-0.2, 0) is 12.0 Å². The third-order valence-corrected chi connectivity index (χ3v) is 4.36. The molecule has 1 N–H and O–H groups in total. The summed E-state index contributed by atoms with van der Waals surface area (Å²) in [5, 5.41) is 15.1. The summed E-state index contributed by atoms with van der Waals surface area (Å²) in [5.41, 5.74) is 0.891. The second-order valence-corrected chi connectivity index (χ2v) is 5.55. The molecular weight excluding hydrogens is 204 g/mol. The molecule has 1 fully saturated rings. The lowest BCUT2D eigenvalue weighted by molar-refractivity contribution is 0.366. The summed E-state index contributed by atoms with van der Waals surface area (Å²) in [6.45, 7) is 0. The molecule has 1 unspecified atom stereocenters. The van der Waals surface area contributed by atoms with E-state index in [4.69, 9.17) is 0 Å². The lowest BCUT2D eigenvalue weighted by atomic mass is 9.81. The predicted octanol–water partition coefficient (Wildman–Crippen LogP) is 2.56. The molecule has 3 heteroatoms. The van der Waals surface area contributed by atoms with Gasteiger partial charge < -0.3 is 0 Å². The molecule has 1 aromatic heterocycles. The van der Waals surface area contributed by atoms with Crippen LogP contribution in [0.15, 0.2) is 11.4 Å². The van der Waals surface area contributed by atoms with Crippen molar-refractivity contribution in [2.45, 2.75) is 43.7 Å². The molecule has 1 aromatic rings. The van der Waals surface area contributed by atoms with Gasteiger partial charge >= 0.3 is 0 Å². The molecule has 78 valence electrons. The molecule has 3 rings (SSSR count). The van der Waals surface area contributed by atoms with E-state index in [9.17, 15) is 5.26 Å². The SMILES string of the molecule is N#CC1(NC2CC2)CCCc2sccc21. The Kier molecular flexibility index (Phi) is 2.08. The van der Waals surface area contributed by atoms with Crippen LogP contribution in [0.4, 0.5) is 0 Å². The highest BCUT2D eigenvalue weighted by atomic mass is 32.1. The van der Waals surface area contributed by atoms with Crippen molar-refractivity contribution < 1.29 is 0 Å². The number of thiophene rings is 1. The summed E-state index contributed by atoms with van der Waals surface area (Å²) >= 11 is 1.80. The van der Waals surface area contributed by atoms with Crippen molar-refractivity contribution in [3.63, 3.8) is 0 Å². The van der Waals surface area contributed by atoms with Crippen LogP contribution in [0.3, 0.4) is 0 Å². The molecule has 0 radical (unpaired) electrons. The Morgan fingerprint density at radius 3 is 3.13 bits per heavy atom. The first-order valence-electron chi connectivity index (χ1n) is 5.60. The van der Waals surface area contributed by atoms with Crippen molar-refractivity contribution >= 4 is 11.3 Å². The van der Waals surface area contributed by atoms with E-state index >= 15 is 0 Å². The minimum Gasteiger partial charge on any atom is -0.293 e. The van der Waals surface area contributed by atoms with Gasteiger partial charge in [-0.15, -0.1) is 11.3 Å². The molecule has 0 aliphatic heterocycles. The first-order valence-corrected chi connectivity index (χ1v) is 6.48. The van der Waals surface area contributed by atoms with Crippen molar-refractivity contribution in [1.29, 1.82) is 5.26 Å². The molecule has 2 aliphatic carbocycles. The summed E-state index contributed by atoms with van der Waals surface area (Å²) in [6.07, 6.45) is 5.75. The Balaban J connectivity index is 2.00. The van der Waals surface area contributed by atoms with E-state index < -0.39 is 0 Å². The first-order chi connectivity index (χ1) is 7.34. The minimum absolute atomic E-state index is 0.366. The Bertz CT molecular complexity index is 414. The van der Waals surface area contributed by atoms with Gasteiger partial charge in [-0.2, -0.15) is 5.26 Å². The minimum atomic E-state index is -0.366. The zero-order chi connectivity index (χ0) is 10.3. The van der Waals surface area contributed by atoms with E-state index in [1.165, 1.54) is 23.3 Å². The third kappa shape index (κ3) is 1.49. The van der Waals surface area contributed by atoms with Gasteiger partial charge in [0.25, 0.3) is 0 Å². The van der Waals surface area contributed by atoms with E-state index in [0.717, 1.165) is 19.3 Å². The summed E-state index contributed by atoms with van der Waals surface area (Å²) in [4.78, 5) is 1.41. The Hall–Kier alpha value is -0.850. The Labute approximate surface area is 93.9 Å². The van der Waals surface area contributed by atoms with Crippen LogP contribution in [0, 0.1) is 11.3 Å². The number of fused-ring (bicyclic) bond motifs is 1. The van der Waals surface area contributed by atoms with Crippen molar-refractivity contribution in [2.75, 3.05) is 0 Å². The molecule has 0 amide bonds. The van der Waals surface area contributed by atoms with Gasteiger partial charge in [-0.3, -0.25) is 5.32 Å². The topological polar surface area (TPSA) is 35.8 Å². The highest BCUT2D eigenvalue weighted by molar-refractivity contribution is 7.10. The number of nitriles is 1. The van der Waals surface area contributed by atoms with Crippen LogP contribution in [-0.4, -0.2) is 6.04 Å². The zero-order valence-corrected chi connectivity index (χ0v) is 9.44. The Morgan fingerprint density at radius 1 is 1.53 bits per heavy atom. The fourth-order valence-electron chi connectivity index (χ4n) is 2.44. The van der Waals surface area contributed by atoms with Crippen LogP contribution in [0.2, 0.25) is 0 Å². The zero-order valence-electron chi connectivity index (χ0n) is 8.62. The molecule has 0 spiro atoms. The molecular formula is C12H14N2S. The molecule has 0 aromatic carbocycles. The van der Waals surface area contributed by atoms with Gasteiger partial charge in [0.05, 0.1) is 6.07 Å². The fourth-order valence-corrected chi connectivity index (χ4v) is 3.44. The van der Waals surface area contributed by atoms with Crippen LogP contribution >= 0.6 is 11.3 Å². The normalized spacial score (nSPS) is 29.5. The maximum atomic E-state index is 9.48. The summed E-state index contributed by atoms with van der Waals surface area (Å²) in [5.74, 6) is 0. The number of hydrogen-bond donors (Lipinski definition) is 1. The molecule has 1 saturated carbocycles. The second-order valence-electron chi connectivity index (χ2n) is 4.55. The van der Waals surface area contributed by atoms with Crippen LogP contribution in [0.25, 0.3) is 0 Å². The van der Waals surface area contributed by atoms with E-state index in [1.807, 2.05) is 0 Å². The van der Waals surface area contributed by atoms with E-state index in [-0.39, 0.29) is 5.54 Å². The van der Waals surface area contributed by atoms with Gasteiger partial charge in [0.2, 0.25) is 0 Å². The quantitative estimate of drug-likeness (QED) is 0.828.